The summed E-state index contributed by atoms with van der Waals surface area (Å²) in [7, 11) is 0. The van der Waals surface area contributed by atoms with Crippen LogP contribution in [0.15, 0.2) is 24.3 Å². The number of anilines is 1. The lowest BCUT2D eigenvalue weighted by molar-refractivity contribution is -0.118. The van der Waals surface area contributed by atoms with E-state index in [0.29, 0.717) is 12.3 Å². The molecule has 20 heavy (non-hydrogen) atoms. The van der Waals surface area contributed by atoms with Crippen LogP contribution >= 0.6 is 11.8 Å². The summed E-state index contributed by atoms with van der Waals surface area (Å²) in [4.78, 5) is 23.1. The summed E-state index contributed by atoms with van der Waals surface area (Å²) in [6.07, 6.45) is 2.05. The van der Waals surface area contributed by atoms with Gasteiger partial charge in [0.25, 0.3) is 0 Å². The number of thioether (sulfide) groups is 1. The average Bonchev–Trinajstić information content (AvgIpc) is 2.39. The Labute approximate surface area is 124 Å². The third kappa shape index (κ3) is 7.19. The monoisotopic (exact) mass is 294 g/mol. The minimum Gasteiger partial charge on any atom is -0.355 e. The van der Waals surface area contributed by atoms with Gasteiger partial charge >= 0.3 is 0 Å². The average molecular weight is 294 g/mol. The van der Waals surface area contributed by atoms with Crippen molar-refractivity contribution in [2.45, 2.75) is 26.7 Å². The van der Waals surface area contributed by atoms with Crippen LogP contribution < -0.4 is 10.6 Å². The highest BCUT2D eigenvalue weighted by atomic mass is 32.2. The second-order valence-corrected chi connectivity index (χ2v) is 5.60. The molecule has 0 saturated carbocycles. The van der Waals surface area contributed by atoms with Gasteiger partial charge in [0.2, 0.25) is 11.8 Å². The first kappa shape index (κ1) is 16.6. The van der Waals surface area contributed by atoms with Gasteiger partial charge in [-0.25, -0.2) is 0 Å². The van der Waals surface area contributed by atoms with Gasteiger partial charge in [0.15, 0.2) is 0 Å². The molecule has 5 heteroatoms. The Morgan fingerprint density at radius 2 is 1.95 bits per heavy atom. The van der Waals surface area contributed by atoms with Crippen LogP contribution in [0.2, 0.25) is 0 Å². The van der Waals surface area contributed by atoms with Crippen molar-refractivity contribution in [3.05, 3.63) is 29.8 Å². The molecule has 1 aromatic rings. The molecule has 0 aliphatic heterocycles. The van der Waals surface area contributed by atoms with Crippen molar-refractivity contribution in [3.63, 3.8) is 0 Å². The normalized spacial score (nSPS) is 10.1. The summed E-state index contributed by atoms with van der Waals surface area (Å²) in [5, 5.41) is 5.64. The van der Waals surface area contributed by atoms with E-state index in [0.717, 1.165) is 24.1 Å². The highest BCUT2D eigenvalue weighted by molar-refractivity contribution is 8.00. The molecule has 1 rings (SSSR count). The number of benzene rings is 1. The van der Waals surface area contributed by atoms with E-state index >= 15 is 0 Å². The van der Waals surface area contributed by atoms with Gasteiger partial charge in [0.1, 0.15) is 0 Å². The highest BCUT2D eigenvalue weighted by Crippen LogP contribution is 2.10. The Morgan fingerprint density at radius 1 is 1.20 bits per heavy atom. The minimum atomic E-state index is -0.0815. The lowest BCUT2D eigenvalue weighted by Gasteiger charge is -2.06. The molecular weight excluding hydrogens is 272 g/mol. The molecule has 0 spiro atoms. The zero-order valence-electron chi connectivity index (χ0n) is 12.1. The Kier molecular flexibility index (Phi) is 7.80. The van der Waals surface area contributed by atoms with E-state index in [-0.39, 0.29) is 17.6 Å². The number of unbranched alkanes of at least 4 members (excludes halogenated alkanes) is 1. The summed E-state index contributed by atoms with van der Waals surface area (Å²) < 4.78 is 0. The standard InChI is InChI=1S/C15H22N2O2S/c1-3-4-8-16-14(18)10-20-11-15(19)17-13-7-5-6-12(2)9-13/h5-7,9H,3-4,8,10-11H2,1-2H3,(H,16,18)(H,17,19). The van der Waals surface area contributed by atoms with Crippen LogP contribution in [-0.4, -0.2) is 29.9 Å². The maximum Gasteiger partial charge on any atom is 0.234 e. The SMILES string of the molecule is CCCCNC(=O)CSCC(=O)Nc1cccc(C)c1. The maximum absolute atomic E-state index is 11.7. The second-order valence-electron chi connectivity index (χ2n) is 4.61. The molecule has 0 bridgehead atoms. The van der Waals surface area contributed by atoms with Crippen molar-refractivity contribution in [3.8, 4) is 0 Å². The number of amides is 2. The van der Waals surface area contributed by atoms with Crippen molar-refractivity contribution in [2.75, 3.05) is 23.4 Å². The fourth-order valence-electron chi connectivity index (χ4n) is 1.61. The zero-order chi connectivity index (χ0) is 14.8. The molecule has 0 aliphatic carbocycles. The Bertz CT molecular complexity index is 449. The number of carbonyl (C=O) groups excluding carboxylic acids is 2. The molecule has 110 valence electrons. The van der Waals surface area contributed by atoms with E-state index in [9.17, 15) is 9.59 Å². The van der Waals surface area contributed by atoms with Crippen LogP contribution in [0, 0.1) is 6.92 Å². The van der Waals surface area contributed by atoms with Crippen molar-refractivity contribution in [1.29, 1.82) is 0 Å². The van der Waals surface area contributed by atoms with Gasteiger partial charge in [0, 0.05) is 12.2 Å². The summed E-state index contributed by atoms with van der Waals surface area (Å²) in [5.41, 5.74) is 1.90. The fraction of sp³-hybridized carbons (Fsp3) is 0.467. The molecule has 0 unspecified atom stereocenters. The van der Waals surface area contributed by atoms with Crippen molar-refractivity contribution >= 4 is 29.3 Å². The lowest BCUT2D eigenvalue weighted by Crippen LogP contribution is -2.26. The summed E-state index contributed by atoms with van der Waals surface area (Å²) >= 11 is 1.33. The van der Waals surface area contributed by atoms with E-state index in [2.05, 4.69) is 17.6 Å². The predicted molar refractivity (Wildman–Crippen MR) is 85.1 cm³/mol. The van der Waals surface area contributed by atoms with Crippen molar-refractivity contribution < 1.29 is 9.59 Å². The number of hydrogen-bond donors (Lipinski definition) is 2. The molecular formula is C15H22N2O2S. The molecule has 0 saturated heterocycles. The smallest absolute Gasteiger partial charge is 0.234 e. The van der Waals surface area contributed by atoms with E-state index < -0.39 is 0 Å². The first-order valence-corrected chi connectivity index (χ1v) is 7.98. The molecule has 1 aromatic carbocycles. The Morgan fingerprint density at radius 3 is 2.65 bits per heavy atom. The largest absolute Gasteiger partial charge is 0.355 e. The lowest BCUT2D eigenvalue weighted by atomic mass is 10.2. The van der Waals surface area contributed by atoms with Gasteiger partial charge in [-0.1, -0.05) is 25.5 Å². The van der Waals surface area contributed by atoms with Gasteiger partial charge < -0.3 is 10.6 Å². The third-order valence-electron chi connectivity index (χ3n) is 2.62. The zero-order valence-corrected chi connectivity index (χ0v) is 12.9. The van der Waals surface area contributed by atoms with Crippen LogP contribution in [0.3, 0.4) is 0 Å². The van der Waals surface area contributed by atoms with E-state index in [4.69, 9.17) is 0 Å². The van der Waals surface area contributed by atoms with Gasteiger partial charge in [-0.2, -0.15) is 0 Å². The number of aryl methyl sites for hydroxylation is 1. The number of nitrogens with one attached hydrogen (secondary N) is 2. The first-order valence-electron chi connectivity index (χ1n) is 6.82. The van der Waals surface area contributed by atoms with Crippen LogP contribution in [0.4, 0.5) is 5.69 Å². The van der Waals surface area contributed by atoms with Gasteiger partial charge in [-0.05, 0) is 31.0 Å². The molecule has 0 aromatic heterocycles. The number of rotatable bonds is 8. The fourth-order valence-corrected chi connectivity index (χ4v) is 2.26. The summed E-state index contributed by atoms with van der Waals surface area (Å²) in [6, 6.07) is 7.65. The third-order valence-corrected chi connectivity index (χ3v) is 3.55. The van der Waals surface area contributed by atoms with Crippen LogP contribution in [-0.2, 0) is 9.59 Å². The molecule has 0 fully saturated rings. The predicted octanol–water partition coefficient (Wildman–Crippen LogP) is 2.58. The van der Waals surface area contributed by atoms with Gasteiger partial charge in [-0.3, -0.25) is 9.59 Å². The maximum atomic E-state index is 11.7. The van der Waals surface area contributed by atoms with Crippen molar-refractivity contribution in [1.82, 2.24) is 5.32 Å². The van der Waals surface area contributed by atoms with Crippen molar-refractivity contribution in [2.24, 2.45) is 0 Å². The summed E-state index contributed by atoms with van der Waals surface area (Å²) in [5.74, 6) is 0.522. The van der Waals surface area contributed by atoms with Crippen LogP contribution in [0.1, 0.15) is 25.3 Å². The quantitative estimate of drug-likeness (QED) is 0.725. The Balaban J connectivity index is 2.18. The number of hydrogen-bond acceptors (Lipinski definition) is 3. The molecule has 0 heterocycles. The molecule has 0 radical (unpaired) electrons. The summed E-state index contributed by atoms with van der Waals surface area (Å²) in [6.45, 7) is 4.77. The second kappa shape index (κ2) is 9.42. The van der Waals surface area contributed by atoms with E-state index in [1.807, 2.05) is 31.2 Å². The first-order chi connectivity index (χ1) is 9.61. The number of carbonyl (C=O) groups is 2. The molecule has 0 atom stereocenters. The minimum absolute atomic E-state index is 0.00759. The Hall–Kier alpha value is -1.49. The topological polar surface area (TPSA) is 58.2 Å². The highest BCUT2D eigenvalue weighted by Gasteiger charge is 2.05. The van der Waals surface area contributed by atoms with E-state index in [1.165, 1.54) is 11.8 Å². The van der Waals surface area contributed by atoms with Crippen LogP contribution in [0.5, 0.6) is 0 Å². The molecule has 0 aliphatic rings. The van der Waals surface area contributed by atoms with Gasteiger partial charge in [-0.15, -0.1) is 11.8 Å². The molecule has 2 N–H and O–H groups in total. The molecule has 4 nitrogen and oxygen atoms in total. The van der Waals surface area contributed by atoms with Crippen LogP contribution in [0.25, 0.3) is 0 Å². The molecule has 2 amide bonds. The van der Waals surface area contributed by atoms with E-state index in [1.54, 1.807) is 0 Å². The van der Waals surface area contributed by atoms with Gasteiger partial charge in [0.05, 0.1) is 11.5 Å².